The van der Waals surface area contributed by atoms with Gasteiger partial charge in [0.15, 0.2) is 0 Å². The molecule has 1 saturated heterocycles. The summed E-state index contributed by atoms with van der Waals surface area (Å²) in [5, 5.41) is 8.82. The summed E-state index contributed by atoms with van der Waals surface area (Å²) in [5.41, 5.74) is 0.0478. The molecule has 1 aliphatic rings. The molecule has 0 bridgehead atoms. The van der Waals surface area contributed by atoms with Crippen LogP contribution in [0.1, 0.15) is 27.9 Å². The molecule has 0 saturated carbocycles. The molecule has 1 fully saturated rings. The minimum absolute atomic E-state index is 0.134. The van der Waals surface area contributed by atoms with Gasteiger partial charge in [0.25, 0.3) is 5.91 Å². The summed E-state index contributed by atoms with van der Waals surface area (Å²) in [6.45, 7) is 3.49. The Morgan fingerprint density at radius 2 is 2.05 bits per heavy atom. The van der Waals surface area contributed by atoms with Crippen molar-refractivity contribution in [1.82, 2.24) is 4.90 Å². The van der Waals surface area contributed by atoms with E-state index in [0.717, 1.165) is 11.1 Å². The van der Waals surface area contributed by atoms with E-state index in [4.69, 9.17) is 5.11 Å². The molecular formula is C14H16FNO3. The first-order valence-electron chi connectivity index (χ1n) is 6.12. The van der Waals surface area contributed by atoms with E-state index < -0.39 is 11.6 Å². The second-order valence-corrected chi connectivity index (χ2v) is 5.07. The summed E-state index contributed by atoms with van der Waals surface area (Å²) >= 11 is 0. The summed E-state index contributed by atoms with van der Waals surface area (Å²) in [6, 6.07) is 5.39. The van der Waals surface area contributed by atoms with Crippen molar-refractivity contribution in [2.45, 2.75) is 25.9 Å². The monoisotopic (exact) mass is 265 g/mol. The van der Waals surface area contributed by atoms with E-state index in [1.54, 1.807) is 6.07 Å². The van der Waals surface area contributed by atoms with E-state index >= 15 is 0 Å². The maximum atomic E-state index is 13.9. The molecule has 0 radical (unpaired) electrons. The number of halogens is 1. The average Bonchev–Trinajstić information content (AvgIpc) is 2.73. The lowest BCUT2D eigenvalue weighted by Crippen LogP contribution is -2.39. The number of alkyl halides is 1. The molecule has 19 heavy (non-hydrogen) atoms. The van der Waals surface area contributed by atoms with E-state index in [1.807, 2.05) is 26.0 Å². The van der Waals surface area contributed by atoms with Crippen molar-refractivity contribution in [3.05, 3.63) is 34.9 Å². The van der Waals surface area contributed by atoms with Crippen molar-refractivity contribution < 1.29 is 19.1 Å². The Bertz CT molecular complexity index is 543. The smallest absolute Gasteiger partial charge is 0.343 e. The molecule has 1 aromatic carbocycles. The van der Waals surface area contributed by atoms with Crippen LogP contribution in [0.25, 0.3) is 0 Å². The molecule has 0 spiro atoms. The third-order valence-electron chi connectivity index (χ3n) is 3.50. The van der Waals surface area contributed by atoms with Crippen LogP contribution >= 0.6 is 0 Å². The first-order chi connectivity index (χ1) is 8.83. The van der Waals surface area contributed by atoms with Crippen LogP contribution in [0.2, 0.25) is 0 Å². The lowest BCUT2D eigenvalue weighted by molar-refractivity contribution is -0.149. The number of aliphatic carboxylic acids is 1. The SMILES string of the molecule is Cc1ccc(C(=O)N2CCC(F)(C(=O)O)C2)c(C)c1. The van der Waals surface area contributed by atoms with Crippen molar-refractivity contribution in [2.75, 3.05) is 13.1 Å². The van der Waals surface area contributed by atoms with Gasteiger partial charge < -0.3 is 10.0 Å². The van der Waals surface area contributed by atoms with Crippen molar-refractivity contribution in [3.8, 4) is 0 Å². The van der Waals surface area contributed by atoms with Crippen molar-refractivity contribution in [2.24, 2.45) is 0 Å². The summed E-state index contributed by atoms with van der Waals surface area (Å²) < 4.78 is 13.9. The number of carbonyl (C=O) groups is 2. The van der Waals surface area contributed by atoms with Crippen molar-refractivity contribution in [3.63, 3.8) is 0 Å². The van der Waals surface area contributed by atoms with Crippen LogP contribution in [0.15, 0.2) is 18.2 Å². The van der Waals surface area contributed by atoms with Gasteiger partial charge in [-0.05, 0) is 25.5 Å². The summed E-state index contributed by atoms with van der Waals surface area (Å²) in [4.78, 5) is 24.4. The van der Waals surface area contributed by atoms with Gasteiger partial charge in [-0.3, -0.25) is 4.79 Å². The fraction of sp³-hybridized carbons (Fsp3) is 0.429. The van der Waals surface area contributed by atoms with Gasteiger partial charge in [-0.2, -0.15) is 0 Å². The van der Waals surface area contributed by atoms with Crippen molar-refractivity contribution >= 4 is 11.9 Å². The Balaban J connectivity index is 2.20. The predicted molar refractivity (Wildman–Crippen MR) is 67.9 cm³/mol. The number of carboxylic acid groups (broad SMARTS) is 1. The predicted octanol–water partition coefficient (Wildman–Crippen LogP) is 1.94. The third-order valence-corrected chi connectivity index (χ3v) is 3.50. The molecule has 1 unspecified atom stereocenters. The number of aryl methyl sites for hydroxylation is 2. The van der Waals surface area contributed by atoms with Gasteiger partial charge in [0.05, 0.1) is 6.54 Å². The second kappa shape index (κ2) is 4.64. The number of likely N-dealkylation sites (tertiary alicyclic amines) is 1. The van der Waals surface area contributed by atoms with E-state index in [1.165, 1.54) is 4.90 Å². The summed E-state index contributed by atoms with van der Waals surface area (Å²) in [7, 11) is 0. The molecule has 1 aromatic rings. The Morgan fingerprint density at radius 3 is 2.58 bits per heavy atom. The summed E-state index contributed by atoms with van der Waals surface area (Å²) in [5.74, 6) is -1.80. The zero-order valence-corrected chi connectivity index (χ0v) is 10.9. The van der Waals surface area contributed by atoms with Gasteiger partial charge in [-0.1, -0.05) is 17.7 Å². The van der Waals surface area contributed by atoms with Crippen LogP contribution in [0, 0.1) is 13.8 Å². The van der Waals surface area contributed by atoms with Crippen LogP contribution in [-0.4, -0.2) is 40.6 Å². The molecule has 0 aromatic heterocycles. The Labute approximate surface area is 110 Å². The van der Waals surface area contributed by atoms with Gasteiger partial charge in [0, 0.05) is 18.5 Å². The summed E-state index contributed by atoms with van der Waals surface area (Å²) in [6.07, 6.45) is -0.154. The second-order valence-electron chi connectivity index (χ2n) is 5.07. The van der Waals surface area contributed by atoms with Gasteiger partial charge in [-0.25, -0.2) is 9.18 Å². The Hall–Kier alpha value is -1.91. The van der Waals surface area contributed by atoms with Crippen molar-refractivity contribution in [1.29, 1.82) is 0 Å². The zero-order valence-electron chi connectivity index (χ0n) is 10.9. The first kappa shape index (κ1) is 13.5. The van der Waals surface area contributed by atoms with E-state index in [0.29, 0.717) is 5.56 Å². The number of amides is 1. The Kier molecular flexibility index (Phi) is 3.30. The van der Waals surface area contributed by atoms with Gasteiger partial charge in [0.1, 0.15) is 0 Å². The topological polar surface area (TPSA) is 57.6 Å². The van der Waals surface area contributed by atoms with Gasteiger partial charge in [0.2, 0.25) is 5.67 Å². The molecule has 1 aliphatic heterocycles. The molecule has 5 heteroatoms. The number of hydrogen-bond donors (Lipinski definition) is 1. The normalized spacial score (nSPS) is 22.6. The molecule has 4 nitrogen and oxygen atoms in total. The number of carboxylic acids is 1. The highest BCUT2D eigenvalue weighted by atomic mass is 19.1. The van der Waals surface area contributed by atoms with Crippen LogP contribution in [0.5, 0.6) is 0 Å². The Morgan fingerprint density at radius 1 is 1.37 bits per heavy atom. The minimum atomic E-state index is -2.31. The number of carbonyl (C=O) groups excluding carboxylic acids is 1. The molecular weight excluding hydrogens is 249 g/mol. The standard InChI is InChI=1S/C14H16FNO3/c1-9-3-4-11(10(2)7-9)12(17)16-6-5-14(15,8-16)13(18)19/h3-4,7H,5-6,8H2,1-2H3,(H,18,19). The highest BCUT2D eigenvalue weighted by Gasteiger charge is 2.47. The highest BCUT2D eigenvalue weighted by Crippen LogP contribution is 2.27. The molecule has 102 valence electrons. The van der Waals surface area contributed by atoms with Gasteiger partial charge >= 0.3 is 5.97 Å². The van der Waals surface area contributed by atoms with E-state index in [9.17, 15) is 14.0 Å². The molecule has 1 N–H and O–H groups in total. The van der Waals surface area contributed by atoms with Crippen LogP contribution in [0.4, 0.5) is 4.39 Å². The third kappa shape index (κ3) is 2.45. The minimum Gasteiger partial charge on any atom is -0.479 e. The number of benzene rings is 1. The lowest BCUT2D eigenvalue weighted by Gasteiger charge is -2.19. The number of nitrogens with zero attached hydrogens (tertiary/aromatic N) is 1. The fourth-order valence-electron chi connectivity index (χ4n) is 2.34. The van der Waals surface area contributed by atoms with Gasteiger partial charge in [-0.15, -0.1) is 0 Å². The quantitative estimate of drug-likeness (QED) is 0.889. The number of hydrogen-bond acceptors (Lipinski definition) is 2. The zero-order chi connectivity index (χ0) is 14.2. The fourth-order valence-corrected chi connectivity index (χ4v) is 2.34. The average molecular weight is 265 g/mol. The van der Waals surface area contributed by atoms with Crippen LogP contribution < -0.4 is 0 Å². The lowest BCUT2D eigenvalue weighted by atomic mass is 10.0. The maximum Gasteiger partial charge on any atom is 0.343 e. The highest BCUT2D eigenvalue weighted by molar-refractivity contribution is 5.96. The van der Waals surface area contributed by atoms with Crippen LogP contribution in [-0.2, 0) is 4.79 Å². The van der Waals surface area contributed by atoms with E-state index in [-0.39, 0.29) is 25.4 Å². The molecule has 2 rings (SSSR count). The molecule has 1 atom stereocenters. The van der Waals surface area contributed by atoms with E-state index in [2.05, 4.69) is 0 Å². The molecule has 1 amide bonds. The van der Waals surface area contributed by atoms with Crippen LogP contribution in [0.3, 0.4) is 0 Å². The number of rotatable bonds is 2. The molecule has 0 aliphatic carbocycles. The first-order valence-corrected chi connectivity index (χ1v) is 6.12. The maximum absolute atomic E-state index is 13.9. The molecule has 1 heterocycles. The largest absolute Gasteiger partial charge is 0.479 e.